The van der Waals surface area contributed by atoms with E-state index < -0.39 is 0 Å². The van der Waals surface area contributed by atoms with Gasteiger partial charge in [0, 0.05) is 6.54 Å². The Labute approximate surface area is 93.2 Å². The van der Waals surface area contributed by atoms with Gasteiger partial charge in [-0.1, -0.05) is 56.3 Å². The Morgan fingerprint density at radius 2 is 2.00 bits per heavy atom. The molecule has 0 fully saturated rings. The molecule has 0 aliphatic rings. The van der Waals surface area contributed by atoms with Crippen molar-refractivity contribution in [2.24, 2.45) is 0 Å². The van der Waals surface area contributed by atoms with Crippen molar-refractivity contribution in [2.75, 3.05) is 13.1 Å². The van der Waals surface area contributed by atoms with Crippen molar-refractivity contribution in [3.63, 3.8) is 0 Å². The second-order valence-electron chi connectivity index (χ2n) is 3.83. The van der Waals surface area contributed by atoms with Crippen molar-refractivity contribution in [3.05, 3.63) is 48.0 Å². The van der Waals surface area contributed by atoms with E-state index in [1.807, 2.05) is 0 Å². The first-order chi connectivity index (χ1) is 7.34. The molecule has 82 valence electrons. The summed E-state index contributed by atoms with van der Waals surface area (Å²) in [5, 5.41) is 3.36. The minimum Gasteiger partial charge on any atom is -0.313 e. The van der Waals surface area contributed by atoms with Crippen LogP contribution in [0.5, 0.6) is 0 Å². The molecular weight excluding hydrogens is 182 g/mol. The minimum atomic E-state index is 0.509. The normalized spacial score (nSPS) is 13.2. The maximum absolute atomic E-state index is 3.36. The average Bonchev–Trinajstić information content (AvgIpc) is 2.30. The van der Waals surface area contributed by atoms with Gasteiger partial charge in [-0.3, -0.25) is 0 Å². The topological polar surface area (TPSA) is 12.0 Å². The van der Waals surface area contributed by atoms with Crippen molar-refractivity contribution in [1.29, 1.82) is 0 Å². The molecule has 0 radical (unpaired) electrons. The van der Waals surface area contributed by atoms with Crippen LogP contribution in [-0.4, -0.2) is 13.1 Å². The van der Waals surface area contributed by atoms with Gasteiger partial charge < -0.3 is 5.32 Å². The fraction of sp³-hybridized carbons (Fsp3) is 0.429. The number of allylic oxidation sites excluding steroid dienone is 1. The molecule has 1 aromatic carbocycles. The molecule has 0 aromatic heterocycles. The summed E-state index contributed by atoms with van der Waals surface area (Å²) in [6.07, 6.45) is 5.67. The number of benzene rings is 1. The summed E-state index contributed by atoms with van der Waals surface area (Å²) in [5.74, 6) is 0.509. The molecule has 0 spiro atoms. The Morgan fingerprint density at radius 3 is 2.67 bits per heavy atom. The Morgan fingerprint density at radius 1 is 1.27 bits per heavy atom. The maximum atomic E-state index is 3.36. The first-order valence-electron chi connectivity index (χ1n) is 5.77. The predicted molar refractivity (Wildman–Crippen MR) is 67.2 cm³/mol. The summed E-state index contributed by atoms with van der Waals surface area (Å²) in [4.78, 5) is 0. The monoisotopic (exact) mass is 203 g/mol. The van der Waals surface area contributed by atoms with Gasteiger partial charge in [-0.05, 0) is 24.4 Å². The molecule has 1 rings (SSSR count). The average molecular weight is 203 g/mol. The lowest BCUT2D eigenvalue weighted by Gasteiger charge is -2.05. The third-order valence-corrected chi connectivity index (χ3v) is 2.44. The van der Waals surface area contributed by atoms with Gasteiger partial charge in [-0.2, -0.15) is 0 Å². The van der Waals surface area contributed by atoms with Gasteiger partial charge in [0.05, 0.1) is 0 Å². The van der Waals surface area contributed by atoms with E-state index in [2.05, 4.69) is 61.6 Å². The smallest absolute Gasteiger partial charge is 0.0135 e. The number of hydrogen-bond donors (Lipinski definition) is 1. The fourth-order valence-corrected chi connectivity index (χ4v) is 1.50. The van der Waals surface area contributed by atoms with E-state index in [0.29, 0.717) is 5.92 Å². The fourth-order valence-electron chi connectivity index (χ4n) is 1.50. The van der Waals surface area contributed by atoms with Crippen LogP contribution in [0.3, 0.4) is 0 Å². The highest BCUT2D eigenvalue weighted by Gasteiger charge is 1.98. The zero-order valence-electron chi connectivity index (χ0n) is 9.74. The molecule has 1 heteroatoms. The molecule has 0 amide bonds. The highest BCUT2D eigenvalue weighted by molar-refractivity contribution is 5.22. The largest absolute Gasteiger partial charge is 0.313 e. The molecule has 0 aliphatic heterocycles. The van der Waals surface area contributed by atoms with Crippen LogP contribution in [0.2, 0.25) is 0 Å². The lowest BCUT2D eigenvalue weighted by molar-refractivity contribution is 0.727. The molecule has 15 heavy (non-hydrogen) atoms. The van der Waals surface area contributed by atoms with E-state index in [4.69, 9.17) is 0 Å². The second-order valence-corrected chi connectivity index (χ2v) is 3.83. The first-order valence-corrected chi connectivity index (χ1v) is 5.77. The molecule has 0 aliphatic carbocycles. The van der Waals surface area contributed by atoms with Gasteiger partial charge in [-0.15, -0.1) is 0 Å². The van der Waals surface area contributed by atoms with Gasteiger partial charge in [-0.25, -0.2) is 0 Å². The Kier molecular flexibility index (Phi) is 5.79. The SMILES string of the molecule is CCCNC/C=C/C(C)c1ccccc1. The standard InChI is InChI=1S/C14H21N/c1-3-11-15-12-7-8-13(2)14-9-5-4-6-10-14/h4-10,13,15H,3,11-12H2,1-2H3/b8-7+. The molecule has 1 N–H and O–H groups in total. The summed E-state index contributed by atoms with van der Waals surface area (Å²) in [6.45, 7) is 6.49. The van der Waals surface area contributed by atoms with Crippen LogP contribution < -0.4 is 5.32 Å². The Bertz CT molecular complexity index is 277. The second kappa shape index (κ2) is 7.24. The summed E-state index contributed by atoms with van der Waals surface area (Å²) >= 11 is 0. The molecule has 0 bridgehead atoms. The highest BCUT2D eigenvalue weighted by Crippen LogP contribution is 2.15. The molecule has 0 saturated carbocycles. The van der Waals surface area contributed by atoms with Crippen LogP contribution in [0.25, 0.3) is 0 Å². The van der Waals surface area contributed by atoms with Crippen molar-refractivity contribution >= 4 is 0 Å². The lowest BCUT2D eigenvalue weighted by atomic mass is 10.0. The minimum absolute atomic E-state index is 0.509. The van der Waals surface area contributed by atoms with Crippen LogP contribution >= 0.6 is 0 Å². The number of nitrogens with one attached hydrogen (secondary N) is 1. The van der Waals surface area contributed by atoms with Crippen LogP contribution in [0, 0.1) is 0 Å². The van der Waals surface area contributed by atoms with Gasteiger partial charge in [0.15, 0.2) is 0 Å². The number of hydrogen-bond acceptors (Lipinski definition) is 1. The molecule has 1 atom stereocenters. The van der Waals surface area contributed by atoms with E-state index in [1.54, 1.807) is 0 Å². The number of rotatable bonds is 6. The van der Waals surface area contributed by atoms with E-state index in [1.165, 1.54) is 12.0 Å². The zero-order chi connectivity index (χ0) is 10.9. The Balaban J connectivity index is 2.32. The quantitative estimate of drug-likeness (QED) is 0.552. The molecule has 0 saturated heterocycles. The van der Waals surface area contributed by atoms with Gasteiger partial charge in [0.25, 0.3) is 0 Å². The van der Waals surface area contributed by atoms with Crippen molar-refractivity contribution in [2.45, 2.75) is 26.2 Å². The third kappa shape index (κ3) is 4.80. The van der Waals surface area contributed by atoms with Crippen molar-refractivity contribution < 1.29 is 0 Å². The molecule has 0 heterocycles. The van der Waals surface area contributed by atoms with E-state index in [-0.39, 0.29) is 0 Å². The van der Waals surface area contributed by atoms with Gasteiger partial charge >= 0.3 is 0 Å². The van der Waals surface area contributed by atoms with E-state index in [0.717, 1.165) is 13.1 Å². The maximum Gasteiger partial charge on any atom is 0.0135 e. The van der Waals surface area contributed by atoms with Gasteiger partial charge in [0.2, 0.25) is 0 Å². The molecule has 1 unspecified atom stereocenters. The van der Waals surface area contributed by atoms with Gasteiger partial charge in [0.1, 0.15) is 0 Å². The van der Waals surface area contributed by atoms with Crippen molar-refractivity contribution in [1.82, 2.24) is 5.32 Å². The highest BCUT2D eigenvalue weighted by atomic mass is 14.8. The van der Waals surface area contributed by atoms with E-state index >= 15 is 0 Å². The lowest BCUT2D eigenvalue weighted by Crippen LogP contribution is -2.13. The zero-order valence-corrected chi connectivity index (χ0v) is 9.74. The summed E-state index contributed by atoms with van der Waals surface area (Å²) in [5.41, 5.74) is 1.38. The van der Waals surface area contributed by atoms with Crippen LogP contribution in [0.15, 0.2) is 42.5 Å². The molecule has 1 nitrogen and oxygen atoms in total. The summed E-state index contributed by atoms with van der Waals surface area (Å²) in [7, 11) is 0. The van der Waals surface area contributed by atoms with E-state index in [9.17, 15) is 0 Å². The molecular formula is C14H21N. The van der Waals surface area contributed by atoms with Crippen molar-refractivity contribution in [3.8, 4) is 0 Å². The summed E-state index contributed by atoms with van der Waals surface area (Å²) < 4.78 is 0. The summed E-state index contributed by atoms with van der Waals surface area (Å²) in [6, 6.07) is 10.6. The third-order valence-electron chi connectivity index (χ3n) is 2.44. The predicted octanol–water partition coefficient (Wildman–Crippen LogP) is 3.35. The van der Waals surface area contributed by atoms with Crippen LogP contribution in [-0.2, 0) is 0 Å². The van der Waals surface area contributed by atoms with Crippen LogP contribution in [0.4, 0.5) is 0 Å². The van der Waals surface area contributed by atoms with Crippen LogP contribution in [0.1, 0.15) is 31.7 Å². The Hall–Kier alpha value is -1.08. The molecule has 1 aromatic rings. The first kappa shape index (κ1) is 12.0.